The van der Waals surface area contributed by atoms with Gasteiger partial charge in [0.1, 0.15) is 0 Å². The average molecular weight is 216 g/mol. The Hall–Kier alpha value is -1.06. The quantitative estimate of drug-likeness (QED) is 0.610. The molecule has 0 rings (SSSR count). The molecule has 0 amide bonds. The maximum atomic E-state index is 11.3. The van der Waals surface area contributed by atoms with Crippen LogP contribution in [0.15, 0.2) is 0 Å². The molecule has 0 N–H and O–H groups in total. The lowest BCUT2D eigenvalue weighted by molar-refractivity contribution is -0.149. The van der Waals surface area contributed by atoms with Crippen molar-refractivity contribution in [3.05, 3.63) is 0 Å². The largest absolute Gasteiger partial charge is 0.466 e. The van der Waals surface area contributed by atoms with Gasteiger partial charge in [0.05, 0.1) is 19.1 Å². The molecule has 0 aliphatic heterocycles. The van der Waals surface area contributed by atoms with Crippen molar-refractivity contribution in [1.29, 1.82) is 0 Å². The maximum Gasteiger partial charge on any atom is 0.308 e. The summed E-state index contributed by atoms with van der Waals surface area (Å²) in [6.45, 7) is 6.29. The highest BCUT2D eigenvalue weighted by atomic mass is 16.5. The van der Waals surface area contributed by atoms with E-state index in [0.717, 1.165) is 6.42 Å². The smallest absolute Gasteiger partial charge is 0.308 e. The minimum absolute atomic E-state index is 0.235. The summed E-state index contributed by atoms with van der Waals surface area (Å²) in [4.78, 5) is 22.3. The maximum absolute atomic E-state index is 11.3. The van der Waals surface area contributed by atoms with Crippen LogP contribution in [0.1, 0.15) is 40.0 Å². The number of rotatable bonds is 7. The van der Waals surface area contributed by atoms with Crippen LogP contribution in [0.4, 0.5) is 0 Å². The summed E-state index contributed by atoms with van der Waals surface area (Å²) in [5.74, 6) is -0.727. The molecule has 0 saturated carbocycles. The van der Waals surface area contributed by atoms with Gasteiger partial charge in [-0.05, 0) is 19.8 Å². The molecule has 1 unspecified atom stereocenters. The molecule has 0 aromatic heterocycles. The zero-order valence-electron chi connectivity index (χ0n) is 9.75. The van der Waals surface area contributed by atoms with Crippen LogP contribution in [0.2, 0.25) is 0 Å². The molecule has 0 aliphatic carbocycles. The van der Waals surface area contributed by atoms with E-state index in [2.05, 4.69) is 0 Å². The fraction of sp³-hybridized carbons (Fsp3) is 0.818. The highest BCUT2D eigenvalue weighted by Gasteiger charge is 2.15. The fourth-order valence-corrected chi connectivity index (χ4v) is 1.03. The van der Waals surface area contributed by atoms with Crippen molar-refractivity contribution < 1.29 is 19.1 Å². The molecule has 0 heterocycles. The molecule has 0 aromatic carbocycles. The van der Waals surface area contributed by atoms with Crippen molar-refractivity contribution in [2.24, 2.45) is 5.92 Å². The first-order valence-corrected chi connectivity index (χ1v) is 5.44. The number of carbonyl (C=O) groups excluding carboxylic acids is 2. The molecule has 1 atom stereocenters. The van der Waals surface area contributed by atoms with Crippen molar-refractivity contribution in [3.8, 4) is 0 Å². The molecule has 0 aromatic rings. The van der Waals surface area contributed by atoms with Crippen LogP contribution in [-0.4, -0.2) is 25.2 Å². The van der Waals surface area contributed by atoms with Gasteiger partial charge in [-0.1, -0.05) is 13.8 Å². The average Bonchev–Trinajstić information content (AvgIpc) is 2.22. The van der Waals surface area contributed by atoms with E-state index in [9.17, 15) is 9.59 Å². The minimum atomic E-state index is -0.257. The standard InChI is InChI=1S/C11H20O4/c1-4-8-15-11(13)9(3)6-7-10(12)14-5-2/h9H,4-8H2,1-3H3. The van der Waals surface area contributed by atoms with Gasteiger partial charge in [-0.3, -0.25) is 9.59 Å². The number of hydrogen-bond donors (Lipinski definition) is 0. The van der Waals surface area contributed by atoms with Crippen LogP contribution in [0.25, 0.3) is 0 Å². The lowest BCUT2D eigenvalue weighted by Crippen LogP contribution is -2.17. The number of hydrogen-bond acceptors (Lipinski definition) is 4. The molecular weight excluding hydrogens is 196 g/mol. The number of ether oxygens (including phenoxy) is 2. The molecule has 4 heteroatoms. The Bertz CT molecular complexity index is 201. The first kappa shape index (κ1) is 13.9. The summed E-state index contributed by atoms with van der Waals surface area (Å²) < 4.78 is 9.72. The zero-order chi connectivity index (χ0) is 11.7. The van der Waals surface area contributed by atoms with Crippen LogP contribution >= 0.6 is 0 Å². The van der Waals surface area contributed by atoms with Crippen molar-refractivity contribution in [2.75, 3.05) is 13.2 Å². The van der Waals surface area contributed by atoms with Crippen molar-refractivity contribution in [3.63, 3.8) is 0 Å². The molecule has 88 valence electrons. The van der Waals surface area contributed by atoms with E-state index in [1.807, 2.05) is 6.92 Å². The highest BCUT2D eigenvalue weighted by molar-refractivity contribution is 5.74. The van der Waals surface area contributed by atoms with Crippen LogP contribution in [0.5, 0.6) is 0 Å². The topological polar surface area (TPSA) is 52.6 Å². The van der Waals surface area contributed by atoms with E-state index < -0.39 is 0 Å². The molecule has 0 spiro atoms. The van der Waals surface area contributed by atoms with E-state index >= 15 is 0 Å². The van der Waals surface area contributed by atoms with Gasteiger partial charge in [-0.15, -0.1) is 0 Å². The van der Waals surface area contributed by atoms with Gasteiger partial charge in [0.15, 0.2) is 0 Å². The van der Waals surface area contributed by atoms with Crippen LogP contribution in [0, 0.1) is 5.92 Å². The summed E-state index contributed by atoms with van der Waals surface area (Å²) >= 11 is 0. The predicted molar refractivity (Wildman–Crippen MR) is 56.3 cm³/mol. The third-order valence-electron chi connectivity index (χ3n) is 1.94. The third-order valence-corrected chi connectivity index (χ3v) is 1.94. The van der Waals surface area contributed by atoms with Gasteiger partial charge >= 0.3 is 11.9 Å². The van der Waals surface area contributed by atoms with E-state index in [1.54, 1.807) is 13.8 Å². The van der Waals surface area contributed by atoms with Gasteiger partial charge in [0.25, 0.3) is 0 Å². The van der Waals surface area contributed by atoms with E-state index in [0.29, 0.717) is 19.6 Å². The Kier molecular flexibility index (Phi) is 7.68. The molecule has 0 aliphatic rings. The second kappa shape index (κ2) is 8.26. The van der Waals surface area contributed by atoms with E-state index in [-0.39, 0.29) is 24.3 Å². The van der Waals surface area contributed by atoms with E-state index in [1.165, 1.54) is 0 Å². The number of carbonyl (C=O) groups is 2. The van der Waals surface area contributed by atoms with Gasteiger partial charge in [-0.25, -0.2) is 0 Å². The minimum Gasteiger partial charge on any atom is -0.466 e. The fourth-order valence-electron chi connectivity index (χ4n) is 1.03. The van der Waals surface area contributed by atoms with Crippen LogP contribution in [0.3, 0.4) is 0 Å². The van der Waals surface area contributed by atoms with Crippen molar-refractivity contribution >= 4 is 11.9 Å². The second-order valence-corrected chi connectivity index (χ2v) is 3.41. The molecule has 0 fully saturated rings. The number of esters is 2. The molecule has 4 nitrogen and oxygen atoms in total. The van der Waals surface area contributed by atoms with Gasteiger partial charge in [0.2, 0.25) is 0 Å². The molecule has 0 saturated heterocycles. The Morgan fingerprint density at radius 2 is 1.87 bits per heavy atom. The highest BCUT2D eigenvalue weighted by Crippen LogP contribution is 2.08. The normalized spacial score (nSPS) is 11.9. The Labute approximate surface area is 90.9 Å². The first-order valence-electron chi connectivity index (χ1n) is 5.44. The van der Waals surface area contributed by atoms with E-state index in [4.69, 9.17) is 9.47 Å². The zero-order valence-corrected chi connectivity index (χ0v) is 9.75. The molecular formula is C11H20O4. The SMILES string of the molecule is CCCOC(=O)C(C)CCC(=O)OCC. The molecule has 15 heavy (non-hydrogen) atoms. The predicted octanol–water partition coefficient (Wildman–Crippen LogP) is 1.92. The first-order chi connectivity index (χ1) is 7.11. The summed E-state index contributed by atoms with van der Waals surface area (Å²) in [6.07, 6.45) is 1.58. The second-order valence-electron chi connectivity index (χ2n) is 3.41. The Morgan fingerprint density at radius 3 is 2.40 bits per heavy atom. The lowest BCUT2D eigenvalue weighted by Gasteiger charge is -2.10. The summed E-state index contributed by atoms with van der Waals surface area (Å²) in [6, 6.07) is 0. The summed E-state index contributed by atoms with van der Waals surface area (Å²) in [5, 5.41) is 0. The lowest BCUT2D eigenvalue weighted by atomic mass is 10.1. The van der Waals surface area contributed by atoms with Gasteiger partial charge in [-0.2, -0.15) is 0 Å². The monoisotopic (exact) mass is 216 g/mol. The van der Waals surface area contributed by atoms with Crippen LogP contribution < -0.4 is 0 Å². The Morgan fingerprint density at radius 1 is 1.20 bits per heavy atom. The summed E-state index contributed by atoms with van der Waals surface area (Å²) in [7, 11) is 0. The van der Waals surface area contributed by atoms with Crippen molar-refractivity contribution in [1.82, 2.24) is 0 Å². The molecule has 0 radical (unpaired) electrons. The van der Waals surface area contributed by atoms with Crippen molar-refractivity contribution in [2.45, 2.75) is 40.0 Å². The Balaban J connectivity index is 3.67. The van der Waals surface area contributed by atoms with Crippen LogP contribution in [-0.2, 0) is 19.1 Å². The molecule has 0 bridgehead atoms. The summed E-state index contributed by atoms with van der Waals surface area (Å²) in [5.41, 5.74) is 0. The third kappa shape index (κ3) is 6.94. The van der Waals surface area contributed by atoms with Gasteiger partial charge in [0, 0.05) is 6.42 Å². The van der Waals surface area contributed by atoms with Gasteiger partial charge < -0.3 is 9.47 Å².